The molecule has 1 N–H and O–H groups in total. The number of carbonyl (C=O) groups excluding carboxylic acids is 1. The molecule has 1 unspecified atom stereocenters. The normalized spacial score (nSPS) is 12.0. The average Bonchev–Trinajstić information content (AvgIpc) is 2.96. The molecule has 0 saturated carbocycles. The van der Waals surface area contributed by atoms with Crippen molar-refractivity contribution in [3.8, 4) is 0 Å². The van der Waals surface area contributed by atoms with Crippen molar-refractivity contribution in [2.24, 2.45) is 7.05 Å². The summed E-state index contributed by atoms with van der Waals surface area (Å²) in [6, 6.07) is 10.4. The fraction of sp³-hybridized carbons (Fsp3) is 0.438. The van der Waals surface area contributed by atoms with Gasteiger partial charge in [0.2, 0.25) is 5.91 Å². The highest BCUT2D eigenvalue weighted by Crippen LogP contribution is 2.13. The third-order valence-corrected chi connectivity index (χ3v) is 3.67. The standard InChI is InChI=1S/C16H23N5O/c1-13(20(2)15-7-5-4-6-8-15)11-17-16(22)10-9-14-12-18-21(3)19-14/h4-8,12-13H,9-11H2,1-3H3,(H,17,22). The quantitative estimate of drug-likeness (QED) is 0.839. The van der Waals surface area contributed by atoms with Gasteiger partial charge in [0.05, 0.1) is 11.9 Å². The molecular weight excluding hydrogens is 278 g/mol. The second-order valence-electron chi connectivity index (χ2n) is 5.42. The van der Waals surface area contributed by atoms with Gasteiger partial charge in [-0.3, -0.25) is 4.79 Å². The number of nitrogens with zero attached hydrogens (tertiary/aromatic N) is 4. The Morgan fingerprint density at radius 1 is 1.36 bits per heavy atom. The Hall–Kier alpha value is -2.37. The van der Waals surface area contributed by atoms with Crippen molar-refractivity contribution in [1.82, 2.24) is 20.3 Å². The molecule has 0 aliphatic carbocycles. The largest absolute Gasteiger partial charge is 0.370 e. The maximum absolute atomic E-state index is 11.9. The molecule has 1 aromatic carbocycles. The summed E-state index contributed by atoms with van der Waals surface area (Å²) in [5, 5.41) is 11.1. The van der Waals surface area contributed by atoms with Crippen molar-refractivity contribution < 1.29 is 4.79 Å². The van der Waals surface area contributed by atoms with E-state index in [4.69, 9.17) is 0 Å². The van der Waals surface area contributed by atoms with Crippen LogP contribution in [0.15, 0.2) is 36.5 Å². The Kier molecular flexibility index (Phi) is 5.52. The van der Waals surface area contributed by atoms with Crippen LogP contribution in [0, 0.1) is 0 Å². The summed E-state index contributed by atoms with van der Waals surface area (Å²) in [6.07, 6.45) is 2.74. The van der Waals surface area contributed by atoms with Crippen molar-refractivity contribution in [3.63, 3.8) is 0 Å². The molecule has 2 rings (SSSR count). The molecule has 1 aromatic heterocycles. The van der Waals surface area contributed by atoms with Gasteiger partial charge in [0.1, 0.15) is 0 Å². The molecule has 6 nitrogen and oxygen atoms in total. The second kappa shape index (κ2) is 7.59. The predicted octanol–water partition coefficient (Wildman–Crippen LogP) is 1.39. The molecule has 1 atom stereocenters. The third kappa shape index (κ3) is 4.58. The van der Waals surface area contributed by atoms with Crippen LogP contribution < -0.4 is 10.2 Å². The minimum absolute atomic E-state index is 0.0407. The number of likely N-dealkylation sites (N-methyl/N-ethyl adjacent to an activating group) is 1. The predicted molar refractivity (Wildman–Crippen MR) is 86.6 cm³/mol. The monoisotopic (exact) mass is 301 g/mol. The van der Waals surface area contributed by atoms with Gasteiger partial charge < -0.3 is 10.2 Å². The minimum atomic E-state index is 0.0407. The number of nitrogens with one attached hydrogen (secondary N) is 1. The highest BCUT2D eigenvalue weighted by Gasteiger charge is 2.11. The Morgan fingerprint density at radius 2 is 2.09 bits per heavy atom. The Balaban J connectivity index is 1.73. The first kappa shape index (κ1) is 16.0. The molecule has 0 bridgehead atoms. The van der Waals surface area contributed by atoms with Gasteiger partial charge in [-0.15, -0.1) is 0 Å². The smallest absolute Gasteiger partial charge is 0.220 e. The average molecular weight is 301 g/mol. The van der Waals surface area contributed by atoms with E-state index in [0.29, 0.717) is 19.4 Å². The van der Waals surface area contributed by atoms with Crippen LogP contribution in [0.5, 0.6) is 0 Å². The molecular formula is C16H23N5O. The van der Waals surface area contributed by atoms with Crippen LogP contribution in [0.2, 0.25) is 0 Å². The van der Waals surface area contributed by atoms with Gasteiger partial charge in [-0.05, 0) is 19.1 Å². The topological polar surface area (TPSA) is 63.1 Å². The van der Waals surface area contributed by atoms with Crippen LogP contribution in [0.1, 0.15) is 19.0 Å². The number of amides is 1. The van der Waals surface area contributed by atoms with Gasteiger partial charge >= 0.3 is 0 Å². The van der Waals surface area contributed by atoms with E-state index in [9.17, 15) is 4.79 Å². The molecule has 2 aromatic rings. The molecule has 22 heavy (non-hydrogen) atoms. The van der Waals surface area contributed by atoms with Crippen LogP contribution in [0.4, 0.5) is 5.69 Å². The zero-order valence-electron chi connectivity index (χ0n) is 13.4. The zero-order valence-corrected chi connectivity index (χ0v) is 13.4. The van der Waals surface area contributed by atoms with E-state index >= 15 is 0 Å². The highest BCUT2D eigenvalue weighted by molar-refractivity contribution is 5.76. The minimum Gasteiger partial charge on any atom is -0.370 e. The van der Waals surface area contributed by atoms with Gasteiger partial charge in [0, 0.05) is 45.2 Å². The lowest BCUT2D eigenvalue weighted by atomic mass is 10.2. The summed E-state index contributed by atoms with van der Waals surface area (Å²) in [5.41, 5.74) is 1.98. The maximum atomic E-state index is 11.9. The molecule has 0 aliphatic rings. The lowest BCUT2D eigenvalue weighted by Crippen LogP contribution is -2.40. The lowest BCUT2D eigenvalue weighted by Gasteiger charge is -2.27. The highest BCUT2D eigenvalue weighted by atomic mass is 16.1. The van der Waals surface area contributed by atoms with Gasteiger partial charge in [-0.25, -0.2) is 0 Å². The Bertz CT molecular complexity index is 596. The third-order valence-electron chi connectivity index (χ3n) is 3.67. The van der Waals surface area contributed by atoms with E-state index in [2.05, 4.69) is 39.5 Å². The molecule has 0 saturated heterocycles. The number of rotatable bonds is 7. The van der Waals surface area contributed by atoms with Crippen molar-refractivity contribution in [1.29, 1.82) is 0 Å². The van der Waals surface area contributed by atoms with Crippen LogP contribution in [-0.2, 0) is 18.3 Å². The van der Waals surface area contributed by atoms with E-state index in [-0.39, 0.29) is 11.9 Å². The fourth-order valence-corrected chi connectivity index (χ4v) is 2.15. The van der Waals surface area contributed by atoms with Crippen molar-refractivity contribution in [3.05, 3.63) is 42.2 Å². The maximum Gasteiger partial charge on any atom is 0.220 e. The molecule has 1 amide bonds. The second-order valence-corrected chi connectivity index (χ2v) is 5.42. The first-order valence-electron chi connectivity index (χ1n) is 7.46. The number of benzene rings is 1. The summed E-state index contributed by atoms with van der Waals surface area (Å²) < 4.78 is 0. The number of hydrogen-bond acceptors (Lipinski definition) is 4. The number of carbonyl (C=O) groups is 1. The summed E-state index contributed by atoms with van der Waals surface area (Å²) in [6.45, 7) is 2.71. The van der Waals surface area contributed by atoms with E-state index in [1.54, 1.807) is 13.2 Å². The van der Waals surface area contributed by atoms with Crippen molar-refractivity contribution >= 4 is 11.6 Å². The van der Waals surface area contributed by atoms with Crippen LogP contribution in [-0.4, -0.2) is 40.5 Å². The summed E-state index contributed by atoms with van der Waals surface area (Å²) in [5.74, 6) is 0.0407. The van der Waals surface area contributed by atoms with Crippen LogP contribution in [0.25, 0.3) is 0 Å². The van der Waals surface area contributed by atoms with E-state index < -0.39 is 0 Å². The molecule has 0 aliphatic heterocycles. The van der Waals surface area contributed by atoms with E-state index in [1.165, 1.54) is 4.80 Å². The number of anilines is 1. The number of aryl methyl sites for hydroxylation is 2. The Labute approximate surface area is 131 Å². The van der Waals surface area contributed by atoms with E-state index in [0.717, 1.165) is 11.4 Å². The van der Waals surface area contributed by atoms with Gasteiger partial charge in [-0.1, -0.05) is 18.2 Å². The summed E-state index contributed by atoms with van der Waals surface area (Å²) in [7, 11) is 3.80. The first-order chi connectivity index (χ1) is 10.6. The van der Waals surface area contributed by atoms with Crippen LogP contribution in [0.3, 0.4) is 0 Å². The first-order valence-corrected chi connectivity index (χ1v) is 7.46. The summed E-state index contributed by atoms with van der Waals surface area (Å²) >= 11 is 0. The molecule has 6 heteroatoms. The number of para-hydroxylation sites is 1. The molecule has 118 valence electrons. The SMILES string of the molecule is CC(CNC(=O)CCc1cnn(C)n1)N(C)c1ccccc1. The molecule has 0 radical (unpaired) electrons. The van der Waals surface area contributed by atoms with Gasteiger partial charge in [-0.2, -0.15) is 15.0 Å². The molecule has 1 heterocycles. The number of aromatic nitrogens is 3. The van der Waals surface area contributed by atoms with E-state index in [1.807, 2.05) is 25.2 Å². The van der Waals surface area contributed by atoms with Gasteiger partial charge in [0.15, 0.2) is 0 Å². The summed E-state index contributed by atoms with van der Waals surface area (Å²) in [4.78, 5) is 15.6. The lowest BCUT2D eigenvalue weighted by molar-refractivity contribution is -0.121. The van der Waals surface area contributed by atoms with Crippen molar-refractivity contribution in [2.45, 2.75) is 25.8 Å². The zero-order chi connectivity index (χ0) is 15.9. The van der Waals surface area contributed by atoms with Crippen LogP contribution >= 0.6 is 0 Å². The molecule has 0 fully saturated rings. The fourth-order valence-electron chi connectivity index (χ4n) is 2.15. The number of hydrogen-bond donors (Lipinski definition) is 1. The Morgan fingerprint density at radius 3 is 2.73 bits per heavy atom. The van der Waals surface area contributed by atoms with Gasteiger partial charge in [0.25, 0.3) is 0 Å². The van der Waals surface area contributed by atoms with Crippen molar-refractivity contribution in [2.75, 3.05) is 18.5 Å². The molecule has 0 spiro atoms.